The largest absolute Gasteiger partial charge is 0.486 e. The maximum absolute atomic E-state index is 6.57. The van der Waals surface area contributed by atoms with Crippen LogP contribution in [0, 0.1) is 0 Å². The van der Waals surface area contributed by atoms with Crippen molar-refractivity contribution in [2.45, 2.75) is 76.8 Å². The molecule has 0 radical (unpaired) electrons. The molecule has 7 heteroatoms. The van der Waals surface area contributed by atoms with Crippen molar-refractivity contribution in [2.75, 3.05) is 0 Å². The van der Waals surface area contributed by atoms with Gasteiger partial charge in [0.25, 0.3) is 0 Å². The first kappa shape index (κ1) is 18.9. The molecular formula is C18H28BrN3O2Si. The maximum atomic E-state index is 6.57. The van der Waals surface area contributed by atoms with Crippen LogP contribution in [-0.2, 0) is 4.43 Å². The van der Waals surface area contributed by atoms with E-state index < -0.39 is 8.32 Å². The Morgan fingerprint density at radius 2 is 1.80 bits per heavy atom. The molecule has 0 saturated heterocycles. The number of hydrogen-bond donors (Lipinski definition) is 0. The van der Waals surface area contributed by atoms with Crippen LogP contribution in [0.2, 0.25) is 18.1 Å². The quantitative estimate of drug-likeness (QED) is 0.631. The van der Waals surface area contributed by atoms with Crippen LogP contribution in [0.4, 0.5) is 0 Å². The Bertz CT molecular complexity index is 733. The molecule has 1 saturated carbocycles. The minimum absolute atomic E-state index is 0.223. The van der Waals surface area contributed by atoms with Gasteiger partial charge >= 0.3 is 0 Å². The fourth-order valence-corrected chi connectivity index (χ4v) is 4.75. The summed E-state index contributed by atoms with van der Waals surface area (Å²) in [5, 5.41) is 4.53. The summed E-state index contributed by atoms with van der Waals surface area (Å²) < 4.78 is 15.1. The lowest BCUT2D eigenvalue weighted by molar-refractivity contribution is 0.0730. The Hall–Kier alpha value is -0.923. The molecule has 0 aromatic carbocycles. The van der Waals surface area contributed by atoms with E-state index in [2.05, 4.69) is 59.9 Å². The predicted octanol–water partition coefficient (Wildman–Crippen LogP) is 5.20. The molecule has 1 aliphatic carbocycles. The number of ether oxygens (including phenoxy) is 1. The van der Waals surface area contributed by atoms with Crippen molar-refractivity contribution in [2.24, 2.45) is 0 Å². The van der Waals surface area contributed by atoms with Crippen molar-refractivity contribution in [1.29, 1.82) is 0 Å². The zero-order valence-corrected chi connectivity index (χ0v) is 18.3. The highest BCUT2D eigenvalue weighted by molar-refractivity contribution is 9.10. The van der Waals surface area contributed by atoms with Crippen molar-refractivity contribution in [3.05, 3.63) is 23.1 Å². The molecule has 1 fully saturated rings. The fourth-order valence-electron chi connectivity index (χ4n) is 2.99. The molecule has 2 aromatic rings. The first-order valence-corrected chi connectivity index (χ1v) is 12.7. The summed E-state index contributed by atoms with van der Waals surface area (Å²) >= 11 is 3.32. The summed E-state index contributed by atoms with van der Waals surface area (Å²) in [5.74, 6) is 0.800. The molecule has 2 aromatic heterocycles. The van der Waals surface area contributed by atoms with Crippen LogP contribution in [-0.4, -0.2) is 35.1 Å². The minimum atomic E-state index is -1.69. The SMILES string of the molecule is CC(C)(C)[Si](C)(C)O[C@H]1CC[C@@H](Oc2cccn3nc(Br)nc23)CC1. The summed E-state index contributed by atoms with van der Waals surface area (Å²) in [6, 6.07) is 3.91. The van der Waals surface area contributed by atoms with Gasteiger partial charge in [-0.2, -0.15) is 4.98 Å². The van der Waals surface area contributed by atoms with Gasteiger partial charge in [-0.25, -0.2) is 4.52 Å². The van der Waals surface area contributed by atoms with E-state index in [0.29, 0.717) is 10.8 Å². The molecule has 138 valence electrons. The number of aromatic nitrogens is 3. The van der Waals surface area contributed by atoms with E-state index >= 15 is 0 Å². The number of halogens is 1. The zero-order valence-electron chi connectivity index (χ0n) is 15.8. The van der Waals surface area contributed by atoms with E-state index in [-0.39, 0.29) is 11.1 Å². The van der Waals surface area contributed by atoms with Gasteiger partial charge in [-0.3, -0.25) is 0 Å². The van der Waals surface area contributed by atoms with Crippen LogP contribution in [0.25, 0.3) is 5.65 Å². The van der Waals surface area contributed by atoms with E-state index in [1.807, 2.05) is 18.3 Å². The molecule has 0 aliphatic heterocycles. The monoisotopic (exact) mass is 425 g/mol. The van der Waals surface area contributed by atoms with Crippen LogP contribution in [0.3, 0.4) is 0 Å². The molecule has 0 unspecified atom stereocenters. The second-order valence-electron chi connectivity index (χ2n) is 8.42. The van der Waals surface area contributed by atoms with Crippen LogP contribution >= 0.6 is 15.9 Å². The summed E-state index contributed by atoms with van der Waals surface area (Å²) in [4.78, 5) is 4.39. The van der Waals surface area contributed by atoms with E-state index in [9.17, 15) is 0 Å². The third-order valence-electron chi connectivity index (χ3n) is 5.48. The van der Waals surface area contributed by atoms with Crippen LogP contribution in [0.15, 0.2) is 23.1 Å². The number of hydrogen-bond acceptors (Lipinski definition) is 4. The molecule has 0 atom stereocenters. The molecule has 0 amide bonds. The Balaban J connectivity index is 1.59. The standard InChI is InChI=1S/C18H28BrN3O2Si/c1-18(2,3)25(4,5)24-14-10-8-13(9-11-14)23-15-7-6-12-22-16(15)20-17(19)21-22/h6-7,12-14H,8-11H2,1-5H3/t13-,14+. The Labute approximate surface area is 159 Å². The highest BCUT2D eigenvalue weighted by Gasteiger charge is 2.40. The van der Waals surface area contributed by atoms with Gasteiger partial charge in [0.1, 0.15) is 0 Å². The van der Waals surface area contributed by atoms with Gasteiger partial charge in [0, 0.05) is 12.3 Å². The number of rotatable bonds is 4. The second-order valence-corrected chi connectivity index (χ2v) is 13.9. The molecule has 2 heterocycles. The summed E-state index contributed by atoms with van der Waals surface area (Å²) in [6.07, 6.45) is 6.66. The number of pyridine rings is 1. The smallest absolute Gasteiger partial charge is 0.218 e. The van der Waals surface area contributed by atoms with E-state index in [4.69, 9.17) is 9.16 Å². The average Bonchev–Trinajstić information content (AvgIpc) is 2.89. The Morgan fingerprint density at radius 1 is 1.16 bits per heavy atom. The van der Waals surface area contributed by atoms with Gasteiger partial charge < -0.3 is 9.16 Å². The third kappa shape index (κ3) is 4.26. The first-order chi connectivity index (χ1) is 11.7. The average molecular weight is 426 g/mol. The van der Waals surface area contributed by atoms with E-state index in [1.165, 1.54) is 0 Å². The lowest BCUT2D eigenvalue weighted by atomic mass is 9.95. The molecular weight excluding hydrogens is 398 g/mol. The van der Waals surface area contributed by atoms with Crippen molar-refractivity contribution >= 4 is 29.9 Å². The van der Waals surface area contributed by atoms with Gasteiger partial charge in [0.15, 0.2) is 19.7 Å². The lowest BCUT2D eigenvalue weighted by Crippen LogP contribution is -2.45. The normalized spacial score (nSPS) is 22.3. The van der Waals surface area contributed by atoms with E-state index in [1.54, 1.807) is 4.52 Å². The van der Waals surface area contributed by atoms with Crippen molar-refractivity contribution in [1.82, 2.24) is 14.6 Å². The fraction of sp³-hybridized carbons (Fsp3) is 0.667. The molecule has 3 rings (SSSR count). The minimum Gasteiger partial charge on any atom is -0.486 e. The molecule has 0 bridgehead atoms. The summed E-state index contributed by atoms with van der Waals surface area (Å²) in [6.45, 7) is 11.6. The van der Waals surface area contributed by atoms with Gasteiger partial charge in [-0.15, -0.1) is 5.10 Å². The zero-order chi connectivity index (χ0) is 18.2. The summed E-state index contributed by atoms with van der Waals surface area (Å²) in [7, 11) is -1.69. The van der Waals surface area contributed by atoms with Gasteiger partial charge in [0.05, 0.1) is 6.10 Å². The molecule has 25 heavy (non-hydrogen) atoms. The molecule has 5 nitrogen and oxygen atoms in total. The Kier molecular flexibility index (Phi) is 5.28. The Morgan fingerprint density at radius 3 is 2.44 bits per heavy atom. The molecule has 0 N–H and O–H groups in total. The van der Waals surface area contributed by atoms with Gasteiger partial charge in [-0.05, 0) is 71.9 Å². The van der Waals surface area contributed by atoms with Crippen LogP contribution in [0.1, 0.15) is 46.5 Å². The van der Waals surface area contributed by atoms with Gasteiger partial charge in [-0.1, -0.05) is 20.8 Å². The van der Waals surface area contributed by atoms with Gasteiger partial charge in [0.2, 0.25) is 4.73 Å². The van der Waals surface area contributed by atoms with Crippen molar-refractivity contribution in [3.63, 3.8) is 0 Å². The van der Waals surface area contributed by atoms with Crippen molar-refractivity contribution < 1.29 is 9.16 Å². The first-order valence-electron chi connectivity index (χ1n) is 9.01. The van der Waals surface area contributed by atoms with E-state index in [0.717, 1.165) is 37.1 Å². The van der Waals surface area contributed by atoms with Crippen LogP contribution in [0.5, 0.6) is 5.75 Å². The topological polar surface area (TPSA) is 48.7 Å². The summed E-state index contributed by atoms with van der Waals surface area (Å²) in [5.41, 5.74) is 0.758. The molecule has 1 aliphatic rings. The molecule has 0 spiro atoms. The highest BCUT2D eigenvalue weighted by atomic mass is 79.9. The maximum Gasteiger partial charge on any atom is 0.218 e. The number of nitrogens with zero attached hydrogens (tertiary/aromatic N) is 3. The van der Waals surface area contributed by atoms with Crippen molar-refractivity contribution in [3.8, 4) is 5.75 Å². The second kappa shape index (κ2) is 7.00. The van der Waals surface area contributed by atoms with Crippen LogP contribution < -0.4 is 4.74 Å². The highest BCUT2D eigenvalue weighted by Crippen LogP contribution is 2.39. The lowest BCUT2D eigenvalue weighted by Gasteiger charge is -2.41. The predicted molar refractivity (Wildman–Crippen MR) is 106 cm³/mol. The third-order valence-corrected chi connectivity index (χ3v) is 10.4. The number of fused-ring (bicyclic) bond motifs is 1.